The molecule has 0 amide bonds. The molecular formula is C11H15N3OS2. The van der Waals surface area contributed by atoms with E-state index in [1.54, 1.807) is 23.1 Å². The molecule has 2 aromatic heterocycles. The van der Waals surface area contributed by atoms with E-state index in [0.29, 0.717) is 11.6 Å². The molecule has 0 saturated carbocycles. The van der Waals surface area contributed by atoms with Crippen molar-refractivity contribution in [2.45, 2.75) is 43.2 Å². The molecule has 0 aliphatic rings. The summed E-state index contributed by atoms with van der Waals surface area (Å²) in [7, 11) is 0. The molecule has 0 aliphatic carbocycles. The van der Waals surface area contributed by atoms with Gasteiger partial charge < -0.3 is 4.52 Å². The first kappa shape index (κ1) is 12.6. The number of rotatable bonds is 3. The maximum Gasteiger partial charge on any atom is 0.237 e. The van der Waals surface area contributed by atoms with Crippen LogP contribution in [0.3, 0.4) is 0 Å². The van der Waals surface area contributed by atoms with E-state index in [1.807, 2.05) is 12.3 Å². The van der Waals surface area contributed by atoms with E-state index in [-0.39, 0.29) is 5.41 Å². The molecule has 0 atom stereocenters. The first-order valence-corrected chi connectivity index (χ1v) is 7.19. The Morgan fingerprint density at radius 2 is 2.12 bits per heavy atom. The summed E-state index contributed by atoms with van der Waals surface area (Å²) in [5.41, 5.74) is 0.989. The van der Waals surface area contributed by atoms with Gasteiger partial charge in [0.2, 0.25) is 5.89 Å². The van der Waals surface area contributed by atoms with Crippen molar-refractivity contribution in [1.82, 2.24) is 15.1 Å². The molecule has 0 spiro atoms. The molecule has 2 aromatic rings. The Labute approximate surface area is 109 Å². The van der Waals surface area contributed by atoms with Crippen LogP contribution in [0.25, 0.3) is 0 Å². The van der Waals surface area contributed by atoms with Crippen LogP contribution in [-0.2, 0) is 11.2 Å². The van der Waals surface area contributed by atoms with Crippen LogP contribution in [0.1, 0.15) is 38.2 Å². The summed E-state index contributed by atoms with van der Waals surface area (Å²) in [5, 5.41) is 6.03. The lowest BCUT2D eigenvalue weighted by Crippen LogP contribution is -2.13. The normalized spacial score (nSPS) is 12.0. The highest BCUT2D eigenvalue weighted by atomic mass is 32.2. The summed E-state index contributed by atoms with van der Waals surface area (Å²) in [6, 6.07) is 0. The highest BCUT2D eigenvalue weighted by Crippen LogP contribution is 2.26. The Morgan fingerprint density at radius 3 is 2.65 bits per heavy atom. The zero-order chi connectivity index (χ0) is 12.5. The first-order valence-electron chi connectivity index (χ1n) is 5.33. The molecular weight excluding hydrogens is 254 g/mol. The molecule has 17 heavy (non-hydrogen) atoms. The minimum Gasteiger partial charge on any atom is -0.338 e. The van der Waals surface area contributed by atoms with Gasteiger partial charge in [0, 0.05) is 16.5 Å². The molecule has 2 heterocycles. The molecule has 4 nitrogen and oxygen atoms in total. The summed E-state index contributed by atoms with van der Waals surface area (Å²) in [4.78, 5) is 8.75. The van der Waals surface area contributed by atoms with Crippen molar-refractivity contribution in [3.05, 3.63) is 22.8 Å². The Kier molecular flexibility index (Phi) is 3.53. The number of aryl methyl sites for hydroxylation is 1. The van der Waals surface area contributed by atoms with E-state index < -0.39 is 0 Å². The Morgan fingerprint density at radius 1 is 1.35 bits per heavy atom. The highest BCUT2D eigenvalue weighted by Gasteiger charge is 2.20. The van der Waals surface area contributed by atoms with E-state index in [1.165, 1.54) is 0 Å². The fourth-order valence-corrected chi connectivity index (χ4v) is 2.83. The van der Waals surface area contributed by atoms with Gasteiger partial charge in [0.25, 0.3) is 0 Å². The van der Waals surface area contributed by atoms with Gasteiger partial charge in [-0.15, -0.1) is 11.3 Å². The van der Waals surface area contributed by atoms with Crippen LogP contribution in [0, 0.1) is 6.92 Å². The standard InChI is InChI=1S/C11H15N3OS2/c1-7-5-16-10(12-7)17-6-8-13-9(14-15-8)11(2,3)4/h5H,6H2,1-4H3. The lowest BCUT2D eigenvalue weighted by Gasteiger charge is -2.10. The largest absolute Gasteiger partial charge is 0.338 e. The van der Waals surface area contributed by atoms with E-state index in [4.69, 9.17) is 4.52 Å². The average Bonchev–Trinajstić information content (AvgIpc) is 2.82. The summed E-state index contributed by atoms with van der Waals surface area (Å²) < 4.78 is 6.25. The molecule has 92 valence electrons. The van der Waals surface area contributed by atoms with Crippen molar-refractivity contribution in [2.75, 3.05) is 0 Å². The van der Waals surface area contributed by atoms with Crippen LogP contribution < -0.4 is 0 Å². The topological polar surface area (TPSA) is 51.8 Å². The number of nitrogens with zero attached hydrogens (tertiary/aromatic N) is 3. The number of aromatic nitrogens is 3. The van der Waals surface area contributed by atoms with Crippen molar-refractivity contribution in [1.29, 1.82) is 0 Å². The van der Waals surface area contributed by atoms with Gasteiger partial charge in [-0.05, 0) is 6.92 Å². The molecule has 0 aromatic carbocycles. The predicted octanol–water partition coefficient (Wildman–Crippen LogP) is 3.42. The van der Waals surface area contributed by atoms with Gasteiger partial charge in [-0.25, -0.2) is 4.98 Å². The van der Waals surface area contributed by atoms with E-state index in [9.17, 15) is 0 Å². The number of hydrogen-bond acceptors (Lipinski definition) is 6. The molecule has 0 unspecified atom stereocenters. The number of hydrogen-bond donors (Lipinski definition) is 0. The molecule has 0 radical (unpaired) electrons. The molecule has 2 rings (SSSR count). The van der Waals surface area contributed by atoms with Crippen LogP contribution in [0.2, 0.25) is 0 Å². The third kappa shape index (κ3) is 3.29. The van der Waals surface area contributed by atoms with Crippen LogP contribution in [0.15, 0.2) is 14.2 Å². The molecule has 6 heteroatoms. The van der Waals surface area contributed by atoms with Crippen LogP contribution in [0.5, 0.6) is 0 Å². The smallest absolute Gasteiger partial charge is 0.237 e. The summed E-state index contributed by atoms with van der Waals surface area (Å²) in [6.45, 7) is 8.20. The van der Waals surface area contributed by atoms with Crippen LogP contribution in [-0.4, -0.2) is 15.1 Å². The fourth-order valence-electron chi connectivity index (χ4n) is 1.14. The maximum absolute atomic E-state index is 5.21. The zero-order valence-electron chi connectivity index (χ0n) is 10.4. The van der Waals surface area contributed by atoms with Gasteiger partial charge in [0.1, 0.15) is 0 Å². The summed E-state index contributed by atoms with van der Waals surface area (Å²) in [6.07, 6.45) is 0. The minimum absolute atomic E-state index is 0.0653. The van der Waals surface area contributed by atoms with Crippen molar-refractivity contribution < 1.29 is 4.52 Å². The second-order valence-corrected chi connectivity index (χ2v) is 6.89. The van der Waals surface area contributed by atoms with E-state index >= 15 is 0 Å². The lowest BCUT2D eigenvalue weighted by atomic mass is 9.96. The molecule has 0 N–H and O–H groups in total. The summed E-state index contributed by atoms with van der Waals surface area (Å²) >= 11 is 3.27. The third-order valence-electron chi connectivity index (χ3n) is 2.06. The molecule has 0 saturated heterocycles. The first-order chi connectivity index (χ1) is 7.95. The minimum atomic E-state index is -0.0653. The Bertz CT molecular complexity index is 499. The number of thioether (sulfide) groups is 1. The van der Waals surface area contributed by atoms with E-state index in [2.05, 4.69) is 35.9 Å². The lowest BCUT2D eigenvalue weighted by molar-refractivity contribution is 0.373. The van der Waals surface area contributed by atoms with Crippen molar-refractivity contribution in [3.63, 3.8) is 0 Å². The fraction of sp³-hybridized carbons (Fsp3) is 0.545. The number of thiazole rings is 1. The quantitative estimate of drug-likeness (QED) is 0.799. The maximum atomic E-state index is 5.21. The Balaban J connectivity index is 1.98. The predicted molar refractivity (Wildman–Crippen MR) is 69.4 cm³/mol. The van der Waals surface area contributed by atoms with Gasteiger partial charge in [-0.1, -0.05) is 37.7 Å². The van der Waals surface area contributed by atoms with Crippen molar-refractivity contribution >= 4 is 23.1 Å². The SMILES string of the molecule is Cc1csc(SCc2nc(C(C)(C)C)no2)n1. The van der Waals surface area contributed by atoms with Crippen LogP contribution >= 0.6 is 23.1 Å². The van der Waals surface area contributed by atoms with Crippen LogP contribution in [0.4, 0.5) is 0 Å². The molecule has 0 aliphatic heterocycles. The van der Waals surface area contributed by atoms with Gasteiger partial charge in [0.15, 0.2) is 10.2 Å². The second-order valence-electron chi connectivity index (χ2n) is 4.81. The molecule has 0 bridgehead atoms. The van der Waals surface area contributed by atoms with Gasteiger partial charge in [0.05, 0.1) is 5.75 Å². The highest BCUT2D eigenvalue weighted by molar-refractivity contribution is 8.00. The second kappa shape index (κ2) is 4.78. The summed E-state index contributed by atoms with van der Waals surface area (Å²) in [5.74, 6) is 2.09. The third-order valence-corrected chi connectivity index (χ3v) is 4.18. The van der Waals surface area contributed by atoms with Gasteiger partial charge in [-0.3, -0.25) is 0 Å². The average molecular weight is 269 g/mol. The van der Waals surface area contributed by atoms with Gasteiger partial charge >= 0.3 is 0 Å². The Hall–Kier alpha value is -0.880. The van der Waals surface area contributed by atoms with Crippen molar-refractivity contribution in [3.8, 4) is 0 Å². The van der Waals surface area contributed by atoms with Gasteiger partial charge in [-0.2, -0.15) is 4.98 Å². The van der Waals surface area contributed by atoms with Crippen molar-refractivity contribution in [2.24, 2.45) is 0 Å². The zero-order valence-corrected chi connectivity index (χ0v) is 12.0. The molecule has 0 fully saturated rings. The monoisotopic (exact) mass is 269 g/mol. The van der Waals surface area contributed by atoms with E-state index in [0.717, 1.165) is 15.9 Å².